The molecule has 1 aliphatic rings. The fourth-order valence-corrected chi connectivity index (χ4v) is 6.15. The summed E-state index contributed by atoms with van der Waals surface area (Å²) in [5.74, 6) is 1.12. The summed E-state index contributed by atoms with van der Waals surface area (Å²) in [5, 5.41) is 4.44. The molecule has 0 fully saturated rings. The third-order valence-electron chi connectivity index (χ3n) is 4.92. The molecule has 1 heterocycles. The molecule has 4 heteroatoms. The second kappa shape index (κ2) is 8.47. The Morgan fingerprint density at radius 3 is 2.04 bits per heavy atom. The van der Waals surface area contributed by atoms with Crippen LogP contribution in [-0.4, -0.2) is 18.5 Å². The molecule has 0 aliphatic carbocycles. The smallest absolute Gasteiger partial charge is 0.218 e. The molecule has 0 spiro atoms. The van der Waals surface area contributed by atoms with E-state index < -0.39 is 7.92 Å². The van der Waals surface area contributed by atoms with Crippen LogP contribution in [0.1, 0.15) is 19.4 Å². The topological polar surface area (TPSA) is 21.6 Å². The van der Waals surface area contributed by atoms with Crippen molar-refractivity contribution in [1.29, 1.82) is 0 Å². The van der Waals surface area contributed by atoms with Crippen LogP contribution in [0.25, 0.3) is 0 Å². The van der Waals surface area contributed by atoms with Gasteiger partial charge in [-0.05, 0) is 35.8 Å². The van der Waals surface area contributed by atoms with Gasteiger partial charge in [-0.15, -0.1) is 0 Å². The lowest BCUT2D eigenvalue weighted by atomic mass is 10.1. The lowest BCUT2D eigenvalue weighted by Gasteiger charge is -2.22. The normalized spacial score (nSPS) is 16.3. The van der Waals surface area contributed by atoms with Crippen molar-refractivity contribution in [3.63, 3.8) is 0 Å². The van der Waals surface area contributed by atoms with Gasteiger partial charge in [-0.2, -0.15) is 0 Å². The Labute approximate surface area is 173 Å². The second-order valence-corrected chi connectivity index (χ2v) is 9.79. The van der Waals surface area contributed by atoms with Gasteiger partial charge in [-0.1, -0.05) is 98.2 Å². The van der Waals surface area contributed by atoms with Crippen molar-refractivity contribution in [2.75, 3.05) is 6.61 Å². The summed E-state index contributed by atoms with van der Waals surface area (Å²) in [6.45, 7) is 4.97. The average molecular weight is 408 g/mol. The molecule has 2 nitrogen and oxygen atoms in total. The predicted molar refractivity (Wildman–Crippen MR) is 121 cm³/mol. The van der Waals surface area contributed by atoms with Crippen LogP contribution in [0, 0.1) is 5.92 Å². The zero-order chi connectivity index (χ0) is 19.5. The number of ether oxygens (including phenoxy) is 1. The van der Waals surface area contributed by atoms with Crippen molar-refractivity contribution in [1.82, 2.24) is 0 Å². The SMILES string of the molecule is CC(C)[C@H]1COC(c2c(Cl)cccc2P(c2ccccc2)c2ccccc2)=N1. The van der Waals surface area contributed by atoms with Crippen LogP contribution in [0.15, 0.2) is 83.9 Å². The molecule has 0 amide bonds. The zero-order valence-corrected chi connectivity index (χ0v) is 17.7. The van der Waals surface area contributed by atoms with Crippen LogP contribution in [0.5, 0.6) is 0 Å². The third kappa shape index (κ3) is 3.85. The summed E-state index contributed by atoms with van der Waals surface area (Å²) < 4.78 is 6.03. The van der Waals surface area contributed by atoms with Crippen LogP contribution < -0.4 is 15.9 Å². The van der Waals surface area contributed by atoms with Gasteiger partial charge in [-0.3, -0.25) is 0 Å². The fraction of sp³-hybridized carbons (Fsp3) is 0.208. The summed E-state index contributed by atoms with van der Waals surface area (Å²) in [4.78, 5) is 4.87. The molecule has 0 radical (unpaired) electrons. The molecule has 142 valence electrons. The lowest BCUT2D eigenvalue weighted by molar-refractivity contribution is 0.292. The molecular weight excluding hydrogens is 385 g/mol. The lowest BCUT2D eigenvalue weighted by Crippen LogP contribution is -2.26. The first-order valence-corrected chi connectivity index (χ1v) is 11.3. The van der Waals surface area contributed by atoms with Crippen LogP contribution in [0.3, 0.4) is 0 Å². The Morgan fingerprint density at radius 2 is 1.50 bits per heavy atom. The van der Waals surface area contributed by atoms with Crippen molar-refractivity contribution >= 4 is 41.3 Å². The first-order chi connectivity index (χ1) is 13.6. The van der Waals surface area contributed by atoms with Gasteiger partial charge in [0.25, 0.3) is 0 Å². The van der Waals surface area contributed by atoms with Gasteiger partial charge in [0, 0.05) is 0 Å². The van der Waals surface area contributed by atoms with Gasteiger partial charge in [0.1, 0.15) is 6.61 Å². The number of rotatable bonds is 5. The molecule has 4 rings (SSSR count). The maximum Gasteiger partial charge on any atom is 0.218 e. The number of hydrogen-bond donors (Lipinski definition) is 0. The average Bonchev–Trinajstić information content (AvgIpc) is 3.20. The molecular formula is C24H23ClNOP. The molecule has 28 heavy (non-hydrogen) atoms. The quantitative estimate of drug-likeness (QED) is 0.551. The Bertz CT molecular complexity index is 933. The Morgan fingerprint density at radius 1 is 0.893 bits per heavy atom. The van der Waals surface area contributed by atoms with Gasteiger partial charge in [0.15, 0.2) is 0 Å². The highest BCUT2D eigenvalue weighted by Gasteiger charge is 2.29. The van der Waals surface area contributed by atoms with E-state index in [2.05, 4.69) is 80.6 Å². The van der Waals surface area contributed by atoms with E-state index in [0.29, 0.717) is 23.4 Å². The van der Waals surface area contributed by atoms with Crippen molar-refractivity contribution in [2.45, 2.75) is 19.9 Å². The summed E-state index contributed by atoms with van der Waals surface area (Å²) in [7, 11) is -0.774. The third-order valence-corrected chi connectivity index (χ3v) is 7.72. The molecule has 0 aromatic heterocycles. The Hall–Kier alpha value is -2.15. The van der Waals surface area contributed by atoms with E-state index in [4.69, 9.17) is 21.3 Å². The number of aliphatic imine (C=N–C) groups is 1. The minimum Gasteiger partial charge on any atom is -0.475 e. The highest BCUT2D eigenvalue weighted by atomic mass is 35.5. The standard InChI is InChI=1S/C24H23ClNOP/c1-17(2)21-16-27-24(26-21)23-20(25)14-9-15-22(23)28(18-10-5-3-6-11-18)19-12-7-4-8-13-19/h3-15,17,21H,16H2,1-2H3/t21-/m1/s1. The zero-order valence-electron chi connectivity index (χ0n) is 16.0. The van der Waals surface area contributed by atoms with Gasteiger partial charge in [-0.25, -0.2) is 4.99 Å². The monoisotopic (exact) mass is 407 g/mol. The maximum absolute atomic E-state index is 6.71. The van der Waals surface area contributed by atoms with E-state index in [1.165, 1.54) is 15.9 Å². The maximum atomic E-state index is 6.71. The van der Waals surface area contributed by atoms with Crippen molar-refractivity contribution < 1.29 is 4.74 Å². The van der Waals surface area contributed by atoms with Crippen LogP contribution in [-0.2, 0) is 4.74 Å². The van der Waals surface area contributed by atoms with Gasteiger partial charge in [0.2, 0.25) is 5.90 Å². The van der Waals surface area contributed by atoms with Crippen molar-refractivity contribution in [3.8, 4) is 0 Å². The van der Waals surface area contributed by atoms with E-state index in [9.17, 15) is 0 Å². The minimum atomic E-state index is -0.774. The summed E-state index contributed by atoms with van der Waals surface area (Å²) in [6.07, 6.45) is 0. The molecule has 3 aromatic rings. The van der Waals surface area contributed by atoms with E-state index in [0.717, 1.165) is 5.56 Å². The van der Waals surface area contributed by atoms with Crippen LogP contribution in [0.2, 0.25) is 5.02 Å². The first-order valence-electron chi connectivity index (χ1n) is 9.55. The van der Waals surface area contributed by atoms with Crippen LogP contribution >= 0.6 is 19.5 Å². The highest BCUT2D eigenvalue weighted by Crippen LogP contribution is 2.36. The van der Waals surface area contributed by atoms with E-state index in [-0.39, 0.29) is 6.04 Å². The number of benzene rings is 3. The predicted octanol–water partition coefficient (Wildman–Crippen LogP) is 4.90. The number of hydrogen-bond acceptors (Lipinski definition) is 2. The van der Waals surface area contributed by atoms with Crippen molar-refractivity contribution in [3.05, 3.63) is 89.4 Å². The largest absolute Gasteiger partial charge is 0.475 e. The minimum absolute atomic E-state index is 0.179. The Balaban J connectivity index is 1.89. The van der Waals surface area contributed by atoms with Gasteiger partial charge >= 0.3 is 0 Å². The van der Waals surface area contributed by atoms with E-state index in [1.807, 2.05) is 12.1 Å². The molecule has 3 aromatic carbocycles. The summed E-state index contributed by atoms with van der Waals surface area (Å²) in [5.41, 5.74) is 0.936. The molecule has 0 N–H and O–H groups in total. The van der Waals surface area contributed by atoms with E-state index in [1.54, 1.807) is 0 Å². The molecule has 1 aliphatic heterocycles. The molecule has 0 bridgehead atoms. The van der Waals surface area contributed by atoms with Gasteiger partial charge < -0.3 is 4.74 Å². The van der Waals surface area contributed by atoms with E-state index >= 15 is 0 Å². The molecule has 0 saturated heterocycles. The molecule has 0 unspecified atom stereocenters. The summed E-state index contributed by atoms with van der Waals surface area (Å²) >= 11 is 6.71. The fourth-order valence-electron chi connectivity index (χ4n) is 3.36. The van der Waals surface area contributed by atoms with Crippen LogP contribution in [0.4, 0.5) is 0 Å². The summed E-state index contributed by atoms with van der Waals surface area (Å²) in [6, 6.07) is 27.6. The second-order valence-electron chi connectivity index (χ2n) is 7.20. The number of nitrogens with zero attached hydrogens (tertiary/aromatic N) is 1. The Kier molecular flexibility index (Phi) is 5.80. The van der Waals surface area contributed by atoms with Crippen molar-refractivity contribution in [2.24, 2.45) is 10.9 Å². The van der Waals surface area contributed by atoms with Gasteiger partial charge in [0.05, 0.1) is 16.6 Å². The first kappa shape index (κ1) is 19.2. The molecule has 1 atom stereocenters. The molecule has 0 saturated carbocycles. The highest BCUT2D eigenvalue weighted by molar-refractivity contribution is 7.80. The number of halogens is 1.